The van der Waals surface area contributed by atoms with Crippen LogP contribution in [-0.2, 0) is 12.1 Å². The quantitative estimate of drug-likeness (QED) is 0.148. The highest BCUT2D eigenvalue weighted by atomic mass is 15.1. The van der Waals surface area contributed by atoms with Crippen molar-refractivity contribution in [2.75, 3.05) is 0 Å². The van der Waals surface area contributed by atoms with Crippen molar-refractivity contribution >= 4 is 32.3 Å². The minimum Gasteiger partial charge on any atom is -0.198 e. The van der Waals surface area contributed by atoms with E-state index in [1.165, 1.54) is 66.0 Å². The molecule has 4 heterocycles. The molecular formula is C42H36N2+2. The van der Waals surface area contributed by atoms with Gasteiger partial charge in [-0.2, -0.15) is 9.13 Å². The first-order valence-corrected chi connectivity index (χ1v) is 16.2. The second kappa shape index (κ2) is 9.59. The number of hydrogen-bond acceptors (Lipinski definition) is 0. The van der Waals surface area contributed by atoms with Crippen LogP contribution in [0.3, 0.4) is 0 Å². The summed E-state index contributed by atoms with van der Waals surface area (Å²) >= 11 is 0. The lowest BCUT2D eigenvalue weighted by atomic mass is 9.62. The Kier molecular flexibility index (Phi) is 5.59. The van der Waals surface area contributed by atoms with E-state index in [9.17, 15) is 0 Å². The van der Waals surface area contributed by atoms with E-state index in [-0.39, 0.29) is 5.54 Å². The largest absolute Gasteiger partial charge is 0.213 e. The number of rotatable bonds is 3. The molecule has 2 aliphatic heterocycles. The minimum absolute atomic E-state index is 0.0880. The molecule has 5 aromatic carbocycles. The smallest absolute Gasteiger partial charge is 0.198 e. The van der Waals surface area contributed by atoms with Crippen LogP contribution in [-0.4, -0.2) is 0 Å². The van der Waals surface area contributed by atoms with E-state index < -0.39 is 0 Å². The lowest BCUT2D eigenvalue weighted by Gasteiger charge is -2.44. The highest BCUT2D eigenvalue weighted by molar-refractivity contribution is 6.25. The standard InChI is InChI=1S/C42H36N2/c1-3-42(4-2)41(38-26-43-24-14-13-23-39(43)33-20-10-9-19-32(33)38)35-22-12-11-21-34(35)40-25-36-30-17-7-5-15-28(30)29-16-6-8-18-31(29)37(36)27-44(40)42/h5-25,27,38,41H,3-4,26H2,1-2H3/q+2. The van der Waals surface area contributed by atoms with Crippen LogP contribution in [0.25, 0.3) is 54.8 Å². The lowest BCUT2D eigenvalue weighted by Crippen LogP contribution is -2.64. The number of nitrogens with zero attached hydrogens (tertiary/aromatic N) is 2. The molecule has 0 bridgehead atoms. The van der Waals surface area contributed by atoms with Gasteiger partial charge in [0, 0.05) is 47.6 Å². The van der Waals surface area contributed by atoms with Crippen molar-refractivity contribution in [2.24, 2.45) is 0 Å². The zero-order chi connectivity index (χ0) is 29.4. The number of fused-ring (bicyclic) bond motifs is 12. The van der Waals surface area contributed by atoms with E-state index in [2.05, 4.69) is 157 Å². The molecule has 2 nitrogen and oxygen atoms in total. The summed E-state index contributed by atoms with van der Waals surface area (Å²) in [6.07, 6.45) is 6.92. The molecule has 0 radical (unpaired) electrons. The summed E-state index contributed by atoms with van der Waals surface area (Å²) in [5.74, 6) is 0.661. The molecule has 0 aliphatic carbocycles. The van der Waals surface area contributed by atoms with Crippen molar-refractivity contribution in [3.05, 3.63) is 145 Å². The first-order valence-electron chi connectivity index (χ1n) is 16.2. The van der Waals surface area contributed by atoms with Crippen molar-refractivity contribution in [2.45, 2.75) is 50.6 Å². The Morgan fingerprint density at radius 1 is 0.568 bits per heavy atom. The van der Waals surface area contributed by atoms with Gasteiger partial charge < -0.3 is 0 Å². The van der Waals surface area contributed by atoms with Crippen molar-refractivity contribution in [3.63, 3.8) is 0 Å². The molecule has 0 spiro atoms. The topological polar surface area (TPSA) is 7.76 Å². The molecule has 2 aliphatic rings. The fourth-order valence-corrected chi connectivity index (χ4v) is 9.06. The van der Waals surface area contributed by atoms with Gasteiger partial charge in [-0.25, -0.2) is 0 Å². The molecule has 2 atom stereocenters. The van der Waals surface area contributed by atoms with E-state index in [1.807, 2.05) is 0 Å². The van der Waals surface area contributed by atoms with Gasteiger partial charge >= 0.3 is 0 Å². The fraction of sp³-hybridized carbons (Fsp3) is 0.190. The summed E-state index contributed by atoms with van der Waals surface area (Å²) in [7, 11) is 0. The van der Waals surface area contributed by atoms with Crippen LogP contribution in [0.2, 0.25) is 0 Å². The Hall–Kier alpha value is -4.82. The van der Waals surface area contributed by atoms with E-state index in [4.69, 9.17) is 0 Å². The molecule has 0 N–H and O–H groups in total. The summed E-state index contributed by atoms with van der Waals surface area (Å²) in [6, 6.07) is 45.5. The van der Waals surface area contributed by atoms with Crippen LogP contribution in [0.4, 0.5) is 0 Å². The molecule has 2 aromatic heterocycles. The first-order chi connectivity index (χ1) is 21.7. The van der Waals surface area contributed by atoms with Crippen molar-refractivity contribution in [1.82, 2.24) is 0 Å². The van der Waals surface area contributed by atoms with Gasteiger partial charge in [-0.05, 0) is 50.9 Å². The van der Waals surface area contributed by atoms with Crippen LogP contribution >= 0.6 is 0 Å². The van der Waals surface area contributed by atoms with Gasteiger partial charge in [0.05, 0.1) is 17.2 Å². The van der Waals surface area contributed by atoms with Crippen LogP contribution in [0, 0.1) is 0 Å². The summed E-state index contributed by atoms with van der Waals surface area (Å²) in [5.41, 5.74) is 8.27. The molecule has 0 amide bonds. The summed E-state index contributed by atoms with van der Waals surface area (Å²) < 4.78 is 5.21. The van der Waals surface area contributed by atoms with Gasteiger partial charge in [-0.3, -0.25) is 0 Å². The minimum atomic E-state index is -0.0880. The molecule has 212 valence electrons. The maximum Gasteiger partial charge on any atom is 0.213 e. The second-order valence-corrected chi connectivity index (χ2v) is 12.8. The SMILES string of the molecule is CCC1(CC)C(C2C[n+]3ccccc3-c3ccccc32)c2ccccc2-c2cc3c4ccccc4c4ccccc4c3c[n+]21. The summed E-state index contributed by atoms with van der Waals surface area (Å²) in [5, 5.41) is 8.01. The van der Waals surface area contributed by atoms with Gasteiger partial charge in [0.2, 0.25) is 11.4 Å². The van der Waals surface area contributed by atoms with Gasteiger partial charge in [0.15, 0.2) is 24.5 Å². The molecule has 2 unspecified atom stereocenters. The monoisotopic (exact) mass is 568 g/mol. The first kappa shape index (κ1) is 25.7. The summed E-state index contributed by atoms with van der Waals surface area (Å²) in [4.78, 5) is 0. The van der Waals surface area contributed by atoms with E-state index >= 15 is 0 Å². The fourth-order valence-electron chi connectivity index (χ4n) is 9.06. The average molecular weight is 569 g/mol. The van der Waals surface area contributed by atoms with E-state index in [1.54, 1.807) is 0 Å². The van der Waals surface area contributed by atoms with E-state index in [0.717, 1.165) is 19.4 Å². The van der Waals surface area contributed by atoms with Crippen LogP contribution in [0.1, 0.15) is 49.7 Å². The van der Waals surface area contributed by atoms with Crippen LogP contribution < -0.4 is 9.13 Å². The zero-order valence-corrected chi connectivity index (χ0v) is 25.4. The predicted molar refractivity (Wildman–Crippen MR) is 181 cm³/mol. The third kappa shape index (κ3) is 3.37. The van der Waals surface area contributed by atoms with Crippen molar-refractivity contribution < 1.29 is 9.13 Å². The van der Waals surface area contributed by atoms with Gasteiger partial charge in [-0.1, -0.05) is 98.8 Å². The predicted octanol–water partition coefficient (Wildman–Crippen LogP) is 9.47. The maximum atomic E-state index is 2.72. The molecule has 9 rings (SSSR count). The molecule has 44 heavy (non-hydrogen) atoms. The van der Waals surface area contributed by atoms with Crippen LogP contribution in [0.5, 0.6) is 0 Å². The molecular weight excluding hydrogens is 532 g/mol. The molecule has 0 fully saturated rings. The Balaban J connectivity index is 1.38. The number of pyridine rings is 2. The Labute approximate surface area is 258 Å². The Morgan fingerprint density at radius 2 is 1.11 bits per heavy atom. The average Bonchev–Trinajstić information content (AvgIpc) is 3.10. The Morgan fingerprint density at radius 3 is 1.80 bits per heavy atom. The third-order valence-electron chi connectivity index (χ3n) is 11.0. The van der Waals surface area contributed by atoms with Crippen LogP contribution in [0.15, 0.2) is 134 Å². The maximum absolute atomic E-state index is 2.72. The van der Waals surface area contributed by atoms with Gasteiger partial charge in [0.1, 0.15) is 0 Å². The van der Waals surface area contributed by atoms with Gasteiger partial charge in [0.25, 0.3) is 0 Å². The highest BCUT2D eigenvalue weighted by Gasteiger charge is 2.56. The Bertz CT molecular complexity index is 2260. The molecule has 2 heteroatoms. The number of benzene rings is 5. The van der Waals surface area contributed by atoms with Crippen molar-refractivity contribution in [1.29, 1.82) is 0 Å². The zero-order valence-electron chi connectivity index (χ0n) is 25.4. The number of hydrogen-bond donors (Lipinski definition) is 0. The lowest BCUT2D eigenvalue weighted by molar-refractivity contribution is -0.765. The second-order valence-electron chi connectivity index (χ2n) is 12.8. The normalized spacial score (nSPS) is 18.0. The molecule has 0 saturated carbocycles. The van der Waals surface area contributed by atoms with Crippen molar-refractivity contribution in [3.8, 4) is 22.5 Å². The molecule has 7 aromatic rings. The van der Waals surface area contributed by atoms with Gasteiger partial charge in [-0.15, -0.1) is 0 Å². The molecule has 0 saturated heterocycles. The highest BCUT2D eigenvalue weighted by Crippen LogP contribution is 2.54. The summed E-state index contributed by atoms with van der Waals surface area (Å²) in [6.45, 7) is 5.81. The number of aromatic nitrogens is 2. The van der Waals surface area contributed by atoms with E-state index in [0.29, 0.717) is 11.8 Å². The third-order valence-corrected chi connectivity index (χ3v) is 11.0.